The minimum Gasteiger partial charge on any atom is -0.468 e. The van der Waals surface area contributed by atoms with Crippen LogP contribution in [0.1, 0.15) is 13.8 Å². The monoisotopic (exact) mass is 212 g/mol. The molecule has 0 fully saturated rings. The van der Waals surface area contributed by atoms with Crippen LogP contribution < -0.4 is 10.2 Å². The predicted octanol–water partition coefficient (Wildman–Crippen LogP) is 0.375. The summed E-state index contributed by atoms with van der Waals surface area (Å²) in [6, 6.07) is 6.45. The fourth-order valence-electron chi connectivity index (χ4n) is 0.863. The fraction of sp³-hybridized carbons (Fsp3) is 0.400. The van der Waals surface area contributed by atoms with Crippen LogP contribution >= 0.6 is 0 Å². The van der Waals surface area contributed by atoms with Gasteiger partial charge in [0.05, 0.1) is 0 Å². The van der Waals surface area contributed by atoms with Gasteiger partial charge in [-0.15, -0.1) is 0 Å². The second kappa shape index (κ2) is 8.29. The van der Waals surface area contributed by atoms with Crippen molar-refractivity contribution in [1.82, 2.24) is 0 Å². The molecule has 4 nitrogen and oxygen atoms in total. The van der Waals surface area contributed by atoms with E-state index in [9.17, 15) is 0 Å². The van der Waals surface area contributed by atoms with Gasteiger partial charge >= 0.3 is 7.12 Å². The van der Waals surface area contributed by atoms with Crippen LogP contribution in [0, 0.1) is 0 Å². The Kier molecular flexibility index (Phi) is 7.72. The van der Waals surface area contributed by atoms with Crippen molar-refractivity contribution in [3.8, 4) is 5.75 Å². The topological polar surface area (TPSA) is 58.9 Å². The molecule has 1 rings (SSSR count). The highest BCUT2D eigenvalue weighted by molar-refractivity contribution is 6.58. The van der Waals surface area contributed by atoms with Gasteiger partial charge < -0.3 is 19.5 Å². The molecular formula is C10H17BO4. The van der Waals surface area contributed by atoms with E-state index in [1.807, 2.05) is 13.8 Å². The fourth-order valence-corrected chi connectivity index (χ4v) is 0.863. The Balaban J connectivity index is 0.000000921. The average molecular weight is 212 g/mol. The average Bonchev–Trinajstić information content (AvgIpc) is 2.29. The Bertz CT molecular complexity index is 248. The Labute approximate surface area is 90.6 Å². The van der Waals surface area contributed by atoms with Crippen LogP contribution in [0.25, 0.3) is 0 Å². The molecular weight excluding hydrogens is 195 g/mol. The summed E-state index contributed by atoms with van der Waals surface area (Å²) >= 11 is 0. The lowest BCUT2D eigenvalue weighted by Crippen LogP contribution is -2.29. The standard InChI is InChI=1S/C8H11BO4.C2H6/c1-12-6-13-8-4-2-7(3-5-8)9(10)11;1-2/h2-5,10-11H,6H2,1H3;1-2H3. The van der Waals surface area contributed by atoms with E-state index in [-0.39, 0.29) is 6.79 Å². The molecule has 0 unspecified atom stereocenters. The summed E-state index contributed by atoms with van der Waals surface area (Å²) in [5, 5.41) is 17.6. The van der Waals surface area contributed by atoms with Gasteiger partial charge in [0.25, 0.3) is 0 Å². The third kappa shape index (κ3) is 5.42. The molecule has 0 saturated heterocycles. The van der Waals surface area contributed by atoms with Crippen LogP contribution in [0.4, 0.5) is 0 Å². The van der Waals surface area contributed by atoms with Crippen LogP contribution in [0.15, 0.2) is 24.3 Å². The first-order valence-electron chi connectivity index (χ1n) is 4.82. The zero-order chi connectivity index (χ0) is 11.7. The van der Waals surface area contributed by atoms with E-state index in [1.165, 1.54) is 7.11 Å². The minimum atomic E-state index is -1.43. The maximum absolute atomic E-state index is 8.78. The van der Waals surface area contributed by atoms with Gasteiger partial charge in [0.2, 0.25) is 0 Å². The lowest BCUT2D eigenvalue weighted by Gasteiger charge is -2.04. The molecule has 0 amide bonds. The quantitative estimate of drug-likeness (QED) is 0.559. The van der Waals surface area contributed by atoms with Gasteiger partial charge in [0.1, 0.15) is 5.75 Å². The summed E-state index contributed by atoms with van der Waals surface area (Å²) in [6.45, 7) is 4.18. The van der Waals surface area contributed by atoms with Crippen LogP contribution in [-0.2, 0) is 4.74 Å². The molecule has 0 radical (unpaired) electrons. The normalized spacial score (nSPS) is 8.87. The number of methoxy groups -OCH3 is 1. The summed E-state index contributed by atoms with van der Waals surface area (Å²) in [5.74, 6) is 0.631. The van der Waals surface area contributed by atoms with E-state index < -0.39 is 7.12 Å². The van der Waals surface area contributed by atoms with E-state index in [0.29, 0.717) is 11.2 Å². The van der Waals surface area contributed by atoms with Crippen LogP contribution in [0.5, 0.6) is 5.75 Å². The van der Waals surface area contributed by atoms with Gasteiger partial charge in [0.15, 0.2) is 6.79 Å². The maximum atomic E-state index is 8.78. The van der Waals surface area contributed by atoms with Crippen LogP contribution in [0.2, 0.25) is 0 Å². The SMILES string of the molecule is CC.COCOc1ccc(B(O)O)cc1. The van der Waals surface area contributed by atoms with Crippen molar-refractivity contribution < 1.29 is 19.5 Å². The van der Waals surface area contributed by atoms with E-state index in [1.54, 1.807) is 24.3 Å². The Morgan fingerprint density at radius 1 is 1.13 bits per heavy atom. The van der Waals surface area contributed by atoms with Gasteiger partial charge in [-0.25, -0.2) is 0 Å². The zero-order valence-corrected chi connectivity index (χ0v) is 9.30. The first kappa shape index (κ1) is 14.0. The van der Waals surface area contributed by atoms with Crippen molar-refractivity contribution in [3.05, 3.63) is 24.3 Å². The number of ether oxygens (including phenoxy) is 2. The van der Waals surface area contributed by atoms with Crippen molar-refractivity contribution >= 4 is 12.6 Å². The molecule has 0 aliphatic rings. The highest BCUT2D eigenvalue weighted by atomic mass is 16.7. The van der Waals surface area contributed by atoms with Crippen molar-refractivity contribution in [3.63, 3.8) is 0 Å². The first-order chi connectivity index (χ1) is 7.24. The highest BCUT2D eigenvalue weighted by Gasteiger charge is 2.09. The van der Waals surface area contributed by atoms with E-state index in [4.69, 9.17) is 19.5 Å². The third-order valence-electron chi connectivity index (χ3n) is 1.52. The molecule has 2 N–H and O–H groups in total. The Morgan fingerprint density at radius 3 is 2.07 bits per heavy atom. The second-order valence-corrected chi connectivity index (χ2v) is 2.49. The van der Waals surface area contributed by atoms with E-state index in [2.05, 4.69) is 0 Å². The minimum absolute atomic E-state index is 0.182. The van der Waals surface area contributed by atoms with Gasteiger partial charge in [-0.2, -0.15) is 0 Å². The third-order valence-corrected chi connectivity index (χ3v) is 1.52. The lowest BCUT2D eigenvalue weighted by molar-refractivity contribution is 0.0511. The van der Waals surface area contributed by atoms with Gasteiger partial charge in [-0.3, -0.25) is 0 Å². The zero-order valence-electron chi connectivity index (χ0n) is 9.30. The maximum Gasteiger partial charge on any atom is 0.488 e. The number of hydrogen-bond acceptors (Lipinski definition) is 4. The van der Waals surface area contributed by atoms with Crippen molar-refractivity contribution in [1.29, 1.82) is 0 Å². The lowest BCUT2D eigenvalue weighted by atomic mass is 9.80. The molecule has 0 heterocycles. The predicted molar refractivity (Wildman–Crippen MR) is 60.1 cm³/mol. The van der Waals surface area contributed by atoms with Gasteiger partial charge in [-0.05, 0) is 17.6 Å². The molecule has 1 aromatic carbocycles. The summed E-state index contributed by atoms with van der Waals surface area (Å²) in [4.78, 5) is 0. The summed E-state index contributed by atoms with van der Waals surface area (Å²) in [7, 11) is 0.0998. The Morgan fingerprint density at radius 2 is 1.67 bits per heavy atom. The highest BCUT2D eigenvalue weighted by Crippen LogP contribution is 2.06. The number of benzene rings is 1. The molecule has 0 atom stereocenters. The molecule has 0 spiro atoms. The number of hydrogen-bond donors (Lipinski definition) is 2. The van der Waals surface area contributed by atoms with Crippen molar-refractivity contribution in [2.24, 2.45) is 0 Å². The first-order valence-corrected chi connectivity index (χ1v) is 4.82. The van der Waals surface area contributed by atoms with Crippen molar-refractivity contribution in [2.75, 3.05) is 13.9 Å². The molecule has 15 heavy (non-hydrogen) atoms. The van der Waals surface area contributed by atoms with Gasteiger partial charge in [0, 0.05) is 7.11 Å². The summed E-state index contributed by atoms with van der Waals surface area (Å²) in [6.07, 6.45) is 0. The smallest absolute Gasteiger partial charge is 0.468 e. The van der Waals surface area contributed by atoms with Crippen molar-refractivity contribution in [2.45, 2.75) is 13.8 Å². The molecule has 84 valence electrons. The van der Waals surface area contributed by atoms with Crippen LogP contribution in [-0.4, -0.2) is 31.1 Å². The summed E-state index contributed by atoms with van der Waals surface area (Å²) < 4.78 is 9.81. The van der Waals surface area contributed by atoms with E-state index in [0.717, 1.165) is 0 Å². The largest absolute Gasteiger partial charge is 0.488 e. The molecule has 0 aliphatic carbocycles. The molecule has 0 bridgehead atoms. The van der Waals surface area contributed by atoms with Gasteiger partial charge in [-0.1, -0.05) is 26.0 Å². The number of rotatable bonds is 4. The summed E-state index contributed by atoms with van der Waals surface area (Å²) in [5.41, 5.74) is 0.435. The van der Waals surface area contributed by atoms with Crippen LogP contribution in [0.3, 0.4) is 0 Å². The van der Waals surface area contributed by atoms with E-state index >= 15 is 0 Å². The molecule has 5 heteroatoms. The molecule has 0 saturated carbocycles. The molecule has 0 aliphatic heterocycles. The molecule has 1 aromatic rings. The Hall–Kier alpha value is -1.04. The molecule has 0 aromatic heterocycles. The second-order valence-electron chi connectivity index (χ2n) is 2.49.